The van der Waals surface area contributed by atoms with Crippen molar-refractivity contribution >= 4 is 23.5 Å². The van der Waals surface area contributed by atoms with E-state index in [1.807, 2.05) is 0 Å². The zero-order valence-electron chi connectivity index (χ0n) is 28.5. The maximum Gasteiger partial charge on any atom is 0.460 e. The number of phenols is 2. The van der Waals surface area contributed by atoms with Gasteiger partial charge in [-0.15, -0.1) is 23.5 Å². The second-order valence-electron chi connectivity index (χ2n) is 12.3. The van der Waals surface area contributed by atoms with E-state index in [4.69, 9.17) is 0 Å². The SMILES string of the molecule is Oc1c(SCCC(F)(F)C(F)(F)C(F)(F)C(F)(F)C(F)(F)C(F)(F)C(F)(F)C(F)(F)F)ccc(SCCC(F)(F)C(F)(F)C(F)(F)C(F)(F)C(F)(F)C(F)(F)C(F)(F)C(F)(F)F)c1O. The van der Waals surface area contributed by atoms with Crippen molar-refractivity contribution in [3.05, 3.63) is 12.1 Å². The third-order valence-electron chi connectivity index (χ3n) is 8.00. The molecule has 0 aliphatic heterocycles. The Balaban J connectivity index is 3.32. The molecule has 0 bridgehead atoms. The number of hydrogen-bond donors (Lipinski definition) is 2. The number of aromatic hydroxyl groups is 2. The molecule has 0 unspecified atom stereocenters. The van der Waals surface area contributed by atoms with Crippen LogP contribution in [0.2, 0.25) is 0 Å². The number of thioether (sulfide) groups is 2. The second kappa shape index (κ2) is 16.4. The van der Waals surface area contributed by atoms with E-state index in [-0.39, 0.29) is 12.1 Å². The van der Waals surface area contributed by atoms with Crippen LogP contribution in [-0.4, -0.2) is 117 Å². The van der Waals surface area contributed by atoms with Crippen molar-refractivity contribution in [2.24, 2.45) is 0 Å². The maximum atomic E-state index is 14.1. The minimum Gasteiger partial charge on any atom is -0.503 e. The molecular weight excluding hydrogens is 1050 g/mol. The van der Waals surface area contributed by atoms with Gasteiger partial charge in [-0.2, -0.15) is 149 Å². The first-order valence-electron chi connectivity index (χ1n) is 14.7. The summed E-state index contributed by atoms with van der Waals surface area (Å²) in [5.74, 6) is -126. The van der Waals surface area contributed by atoms with Gasteiger partial charge < -0.3 is 10.2 Å². The van der Waals surface area contributed by atoms with E-state index in [2.05, 4.69) is 0 Å². The highest BCUT2D eigenvalue weighted by molar-refractivity contribution is 7.99. The van der Waals surface area contributed by atoms with Gasteiger partial charge in [-0.05, 0) is 12.1 Å². The summed E-state index contributed by atoms with van der Waals surface area (Å²) in [6.07, 6.45) is -22.3. The third kappa shape index (κ3) is 8.41. The van der Waals surface area contributed by atoms with Gasteiger partial charge in [0, 0.05) is 24.3 Å². The van der Waals surface area contributed by atoms with Gasteiger partial charge in [0.1, 0.15) is 0 Å². The molecule has 0 amide bonds. The minimum atomic E-state index is -8.94. The summed E-state index contributed by atoms with van der Waals surface area (Å²) in [7, 11) is 0. The standard InChI is InChI=1S/C26H12F34O2S2/c27-11(28,13(31,32)15(35,36)17(39,40)19(43,44)21(47,48)23(51,52)25(55,56)57)3-5-63-7-1-2-8(10(62)9(7)61)64-6-4-12(29,30)14(33,34)16(37,38)18(41,42)20(45,46)22(49,50)24(53,54)26(58,59)60/h1-2,61-62H,3-6H2. The van der Waals surface area contributed by atoms with Crippen molar-refractivity contribution in [3.8, 4) is 11.5 Å². The van der Waals surface area contributed by atoms with Crippen molar-refractivity contribution in [2.75, 3.05) is 11.5 Å². The topological polar surface area (TPSA) is 40.5 Å². The van der Waals surface area contributed by atoms with Gasteiger partial charge in [0.05, 0.1) is 9.79 Å². The first-order chi connectivity index (χ1) is 27.5. The number of halogens is 34. The molecule has 2 nitrogen and oxygen atoms in total. The molecule has 1 aromatic rings. The number of rotatable bonds is 20. The third-order valence-corrected chi connectivity index (χ3v) is 10.1. The summed E-state index contributed by atoms with van der Waals surface area (Å²) >= 11 is -1.33. The van der Waals surface area contributed by atoms with Gasteiger partial charge in [0.2, 0.25) is 0 Å². The maximum absolute atomic E-state index is 14.1. The summed E-state index contributed by atoms with van der Waals surface area (Å²) in [6, 6.07) is 0.260. The highest BCUT2D eigenvalue weighted by Gasteiger charge is 2.96. The van der Waals surface area contributed by atoms with Gasteiger partial charge in [0.15, 0.2) is 11.5 Å². The van der Waals surface area contributed by atoms with Crippen LogP contribution in [0.4, 0.5) is 149 Å². The number of benzene rings is 1. The predicted molar refractivity (Wildman–Crippen MR) is 142 cm³/mol. The lowest BCUT2D eigenvalue weighted by molar-refractivity contribution is -0.461. The van der Waals surface area contributed by atoms with Gasteiger partial charge in [0.25, 0.3) is 0 Å². The Hall–Kier alpha value is -2.86. The second-order valence-corrected chi connectivity index (χ2v) is 14.5. The lowest BCUT2D eigenvalue weighted by Crippen LogP contribution is -2.74. The highest BCUT2D eigenvalue weighted by Crippen LogP contribution is 2.66. The van der Waals surface area contributed by atoms with E-state index < -0.39 is 164 Å². The van der Waals surface area contributed by atoms with Crippen molar-refractivity contribution in [1.82, 2.24) is 0 Å². The molecule has 0 saturated carbocycles. The van der Waals surface area contributed by atoms with Crippen molar-refractivity contribution < 1.29 is 159 Å². The highest BCUT2D eigenvalue weighted by atomic mass is 32.2. The van der Waals surface area contributed by atoms with Crippen LogP contribution in [0.25, 0.3) is 0 Å². The van der Waals surface area contributed by atoms with Crippen LogP contribution in [-0.2, 0) is 0 Å². The molecule has 0 atom stereocenters. The van der Waals surface area contributed by atoms with E-state index >= 15 is 0 Å². The van der Waals surface area contributed by atoms with E-state index in [1.54, 1.807) is 0 Å². The summed E-state index contributed by atoms with van der Waals surface area (Å²) in [4.78, 5) is -2.54. The monoisotopic (exact) mass is 1070 g/mol. The fourth-order valence-electron chi connectivity index (χ4n) is 4.06. The molecule has 0 aliphatic rings. The Labute approximate surface area is 336 Å². The Morgan fingerprint density at radius 3 is 0.641 bits per heavy atom. The molecule has 0 aromatic heterocycles. The molecule has 0 fully saturated rings. The fourth-order valence-corrected chi connectivity index (χ4v) is 6.01. The Bertz CT molecular complexity index is 1680. The lowest BCUT2D eigenvalue weighted by atomic mass is 9.88. The van der Waals surface area contributed by atoms with Crippen molar-refractivity contribution in [1.29, 1.82) is 0 Å². The van der Waals surface area contributed by atoms with Gasteiger partial charge in [-0.1, -0.05) is 0 Å². The molecule has 0 heterocycles. The molecule has 64 heavy (non-hydrogen) atoms. The zero-order valence-corrected chi connectivity index (χ0v) is 30.2. The largest absolute Gasteiger partial charge is 0.503 e. The molecule has 1 aromatic carbocycles. The minimum absolute atomic E-state index is 0.130. The van der Waals surface area contributed by atoms with Crippen LogP contribution < -0.4 is 0 Å². The van der Waals surface area contributed by atoms with E-state index in [9.17, 15) is 159 Å². The van der Waals surface area contributed by atoms with E-state index in [0.29, 0.717) is 0 Å². The van der Waals surface area contributed by atoms with Crippen molar-refractivity contribution in [2.45, 2.75) is 118 Å². The average Bonchev–Trinajstić information content (AvgIpc) is 3.08. The van der Waals surface area contributed by atoms with Crippen LogP contribution in [0, 0.1) is 0 Å². The molecule has 378 valence electrons. The summed E-state index contributed by atoms with van der Waals surface area (Å²) in [6.45, 7) is 0. The zero-order chi connectivity index (χ0) is 52.0. The summed E-state index contributed by atoms with van der Waals surface area (Å²) in [5.41, 5.74) is 0. The van der Waals surface area contributed by atoms with Crippen LogP contribution in [0.1, 0.15) is 12.8 Å². The molecule has 0 saturated heterocycles. The lowest BCUT2D eigenvalue weighted by Gasteiger charge is -2.42. The Morgan fingerprint density at radius 2 is 0.453 bits per heavy atom. The van der Waals surface area contributed by atoms with Gasteiger partial charge >= 0.3 is 95.3 Å². The fraction of sp³-hybridized carbons (Fsp3) is 0.769. The molecule has 1 rings (SSSR count). The first kappa shape index (κ1) is 59.2. The van der Waals surface area contributed by atoms with Crippen LogP contribution in [0.3, 0.4) is 0 Å². The van der Waals surface area contributed by atoms with Crippen molar-refractivity contribution in [3.63, 3.8) is 0 Å². The van der Waals surface area contributed by atoms with Gasteiger partial charge in [-0.25, -0.2) is 0 Å². The normalized spacial score (nSPS) is 16.2. The van der Waals surface area contributed by atoms with Crippen LogP contribution >= 0.6 is 23.5 Å². The van der Waals surface area contributed by atoms with Gasteiger partial charge in [-0.3, -0.25) is 0 Å². The van der Waals surface area contributed by atoms with Crippen LogP contribution in [0.5, 0.6) is 11.5 Å². The summed E-state index contributed by atoms with van der Waals surface area (Å²) in [5, 5.41) is 19.8. The molecule has 0 aliphatic carbocycles. The molecule has 0 spiro atoms. The predicted octanol–water partition coefficient (Wildman–Crippen LogP) is 14.1. The molecule has 38 heteroatoms. The smallest absolute Gasteiger partial charge is 0.460 e. The Kier molecular flexibility index (Phi) is 15.2. The number of phenolic OH excluding ortho intramolecular Hbond substituents is 2. The quantitative estimate of drug-likeness (QED) is 0.0776. The molecule has 0 radical (unpaired) electrons. The van der Waals surface area contributed by atoms with E-state index in [1.165, 1.54) is 0 Å². The van der Waals surface area contributed by atoms with Crippen LogP contribution in [0.15, 0.2) is 21.9 Å². The molecule has 2 N–H and O–H groups in total. The molecular formula is C26H12F34O2S2. The average molecular weight is 1070 g/mol. The first-order valence-corrected chi connectivity index (χ1v) is 16.7. The van der Waals surface area contributed by atoms with E-state index in [0.717, 1.165) is 0 Å². The Morgan fingerprint density at radius 1 is 0.281 bits per heavy atom. The summed E-state index contributed by atoms with van der Waals surface area (Å²) < 4.78 is 456. The number of alkyl halides is 34. The number of hydrogen-bond acceptors (Lipinski definition) is 4.